The van der Waals surface area contributed by atoms with Gasteiger partial charge in [0.15, 0.2) is 0 Å². The van der Waals surface area contributed by atoms with Crippen LogP contribution in [0.5, 0.6) is 0 Å². The van der Waals surface area contributed by atoms with Crippen LogP contribution in [0, 0.1) is 6.92 Å². The molecule has 0 unspecified atom stereocenters. The molecule has 0 heterocycles. The highest BCUT2D eigenvalue weighted by Crippen LogP contribution is 2.34. The number of anilines is 1. The number of carbonyl (C=O) groups excluding carboxylic acids is 1. The fourth-order valence-corrected chi connectivity index (χ4v) is 2.78. The minimum atomic E-state index is 0.701. The second-order valence-corrected chi connectivity index (χ2v) is 4.64. The van der Waals surface area contributed by atoms with Crippen LogP contribution in [-0.4, -0.2) is 6.41 Å². The number of nitrogens with one attached hydrogen (secondary N) is 1. The number of rotatable bonds is 3. The first kappa shape index (κ1) is 11.7. The summed E-state index contributed by atoms with van der Waals surface area (Å²) in [5.41, 5.74) is 3.18. The van der Waals surface area contributed by atoms with E-state index in [1.165, 1.54) is 5.56 Å². The molecular weight excluding hydrogens is 310 g/mol. The predicted molar refractivity (Wildman–Crippen MR) is 65.6 cm³/mol. The molecule has 4 heteroatoms. The first-order valence-electron chi connectivity index (χ1n) is 4.29. The summed E-state index contributed by atoms with van der Waals surface area (Å²) in [6.07, 6.45) is 1.59. The van der Waals surface area contributed by atoms with Crippen LogP contribution in [0.1, 0.15) is 18.1 Å². The molecular formula is C10H11Br2NO. The minimum absolute atomic E-state index is 0.701. The summed E-state index contributed by atoms with van der Waals surface area (Å²) in [5, 5.41) is 2.72. The summed E-state index contributed by atoms with van der Waals surface area (Å²) in [6, 6.07) is 1.94. The number of hydrogen-bond acceptors (Lipinski definition) is 1. The topological polar surface area (TPSA) is 29.1 Å². The average molecular weight is 321 g/mol. The number of benzene rings is 1. The van der Waals surface area contributed by atoms with Crippen LogP contribution >= 0.6 is 31.9 Å². The van der Waals surface area contributed by atoms with Crippen LogP contribution in [0.15, 0.2) is 15.0 Å². The molecule has 0 bridgehead atoms. The Morgan fingerprint density at radius 3 is 2.57 bits per heavy atom. The van der Waals surface area contributed by atoms with Gasteiger partial charge < -0.3 is 5.32 Å². The second kappa shape index (κ2) is 4.94. The summed E-state index contributed by atoms with van der Waals surface area (Å²) in [6.45, 7) is 4.10. The van der Waals surface area contributed by atoms with Crippen molar-refractivity contribution in [1.82, 2.24) is 0 Å². The average Bonchev–Trinajstić information content (AvgIpc) is 2.15. The van der Waals surface area contributed by atoms with E-state index in [2.05, 4.69) is 44.1 Å². The van der Waals surface area contributed by atoms with Crippen LogP contribution in [-0.2, 0) is 11.2 Å². The van der Waals surface area contributed by atoms with Crippen molar-refractivity contribution >= 4 is 44.0 Å². The van der Waals surface area contributed by atoms with Gasteiger partial charge in [0.2, 0.25) is 6.41 Å². The fraction of sp³-hybridized carbons (Fsp3) is 0.300. The Bertz CT molecular complexity index is 364. The molecule has 0 saturated carbocycles. The van der Waals surface area contributed by atoms with Crippen LogP contribution in [0.3, 0.4) is 0 Å². The monoisotopic (exact) mass is 319 g/mol. The number of halogens is 2. The van der Waals surface area contributed by atoms with Crippen molar-refractivity contribution in [2.75, 3.05) is 5.32 Å². The molecule has 0 aromatic heterocycles. The maximum Gasteiger partial charge on any atom is 0.211 e. The van der Waals surface area contributed by atoms with E-state index in [-0.39, 0.29) is 0 Å². The Balaban J connectivity index is 3.38. The molecule has 0 saturated heterocycles. The molecule has 0 aliphatic rings. The van der Waals surface area contributed by atoms with Crippen molar-refractivity contribution < 1.29 is 4.79 Å². The van der Waals surface area contributed by atoms with Gasteiger partial charge in [-0.25, -0.2) is 0 Å². The largest absolute Gasteiger partial charge is 0.327 e. The Morgan fingerprint density at radius 1 is 1.43 bits per heavy atom. The molecule has 0 aliphatic carbocycles. The summed E-state index contributed by atoms with van der Waals surface area (Å²) in [4.78, 5) is 10.4. The van der Waals surface area contributed by atoms with Gasteiger partial charge in [-0.2, -0.15) is 0 Å². The molecule has 1 aromatic carbocycles. The molecule has 0 atom stereocenters. The maximum atomic E-state index is 10.4. The zero-order valence-electron chi connectivity index (χ0n) is 8.03. The highest BCUT2D eigenvalue weighted by molar-refractivity contribution is 9.11. The van der Waals surface area contributed by atoms with Crippen molar-refractivity contribution in [2.24, 2.45) is 0 Å². The maximum absolute atomic E-state index is 10.4. The van der Waals surface area contributed by atoms with Gasteiger partial charge in [-0.15, -0.1) is 0 Å². The molecule has 1 rings (SSSR count). The summed E-state index contributed by atoms with van der Waals surface area (Å²) in [5.74, 6) is 0. The summed E-state index contributed by atoms with van der Waals surface area (Å²) in [7, 11) is 0. The van der Waals surface area contributed by atoms with Crippen LogP contribution in [0.4, 0.5) is 5.69 Å². The number of hydrogen-bond donors (Lipinski definition) is 1. The third-order valence-corrected chi connectivity index (χ3v) is 3.61. The van der Waals surface area contributed by atoms with E-state index >= 15 is 0 Å². The van der Waals surface area contributed by atoms with E-state index in [9.17, 15) is 4.79 Å². The fourth-order valence-electron chi connectivity index (χ4n) is 1.42. The highest BCUT2D eigenvalue weighted by Gasteiger charge is 2.10. The molecule has 76 valence electrons. The van der Waals surface area contributed by atoms with Gasteiger partial charge in [0.05, 0.1) is 5.69 Å². The SMILES string of the molecule is CCc1c(C)c(Br)cc(Br)c1NC=O. The second-order valence-electron chi connectivity index (χ2n) is 2.93. The quantitative estimate of drug-likeness (QED) is 0.846. The first-order valence-corrected chi connectivity index (χ1v) is 5.88. The summed E-state index contributed by atoms with van der Waals surface area (Å²) < 4.78 is 1.96. The lowest BCUT2D eigenvalue weighted by Crippen LogP contribution is -2.02. The van der Waals surface area contributed by atoms with Crippen molar-refractivity contribution in [2.45, 2.75) is 20.3 Å². The molecule has 0 radical (unpaired) electrons. The van der Waals surface area contributed by atoms with Crippen LogP contribution in [0.25, 0.3) is 0 Å². The lowest BCUT2D eigenvalue weighted by atomic mass is 10.0. The number of carbonyl (C=O) groups is 1. The first-order chi connectivity index (χ1) is 6.61. The van der Waals surface area contributed by atoms with Gasteiger partial charge in [0, 0.05) is 8.95 Å². The molecule has 2 nitrogen and oxygen atoms in total. The molecule has 1 N–H and O–H groups in total. The minimum Gasteiger partial charge on any atom is -0.327 e. The van der Waals surface area contributed by atoms with Gasteiger partial charge in [0.25, 0.3) is 0 Å². The lowest BCUT2D eigenvalue weighted by molar-refractivity contribution is -0.105. The van der Waals surface area contributed by atoms with E-state index in [0.29, 0.717) is 6.41 Å². The normalized spacial score (nSPS) is 10.0. The van der Waals surface area contributed by atoms with Gasteiger partial charge in [0.1, 0.15) is 0 Å². The Hall–Kier alpha value is -0.350. The zero-order valence-corrected chi connectivity index (χ0v) is 11.2. The molecule has 1 aromatic rings. The standard InChI is InChI=1S/C10H11Br2NO/c1-3-7-6(2)8(11)4-9(12)10(7)13-5-14/h4-5H,3H2,1-2H3,(H,13,14). The highest BCUT2D eigenvalue weighted by atomic mass is 79.9. The van der Waals surface area contributed by atoms with Crippen LogP contribution in [0.2, 0.25) is 0 Å². The predicted octanol–water partition coefficient (Wildman–Crippen LogP) is 3.65. The molecule has 1 amide bonds. The van der Waals surface area contributed by atoms with Gasteiger partial charge in [-0.05, 0) is 46.5 Å². The Labute approximate surface area is 100 Å². The molecule has 14 heavy (non-hydrogen) atoms. The van der Waals surface area contributed by atoms with E-state index in [4.69, 9.17) is 0 Å². The van der Waals surface area contributed by atoms with Crippen molar-refractivity contribution in [3.8, 4) is 0 Å². The molecule has 0 aliphatic heterocycles. The van der Waals surface area contributed by atoms with Gasteiger partial charge in [-0.3, -0.25) is 4.79 Å². The molecule has 0 spiro atoms. The van der Waals surface area contributed by atoms with Crippen molar-refractivity contribution in [3.63, 3.8) is 0 Å². The Kier molecular flexibility index (Phi) is 4.13. The number of amides is 1. The van der Waals surface area contributed by atoms with Gasteiger partial charge >= 0.3 is 0 Å². The third kappa shape index (κ3) is 2.17. The van der Waals surface area contributed by atoms with Crippen molar-refractivity contribution in [3.05, 3.63) is 26.1 Å². The van der Waals surface area contributed by atoms with Crippen molar-refractivity contribution in [1.29, 1.82) is 0 Å². The van der Waals surface area contributed by atoms with Crippen LogP contribution < -0.4 is 5.32 Å². The van der Waals surface area contributed by atoms with E-state index in [1.807, 2.05) is 13.0 Å². The Morgan fingerprint density at radius 2 is 2.07 bits per heavy atom. The third-order valence-electron chi connectivity index (χ3n) is 2.16. The van der Waals surface area contributed by atoms with E-state index in [0.717, 1.165) is 26.6 Å². The van der Waals surface area contributed by atoms with Gasteiger partial charge in [-0.1, -0.05) is 22.9 Å². The zero-order chi connectivity index (χ0) is 10.7. The summed E-state index contributed by atoms with van der Waals surface area (Å²) >= 11 is 6.90. The van der Waals surface area contributed by atoms with E-state index < -0.39 is 0 Å². The van der Waals surface area contributed by atoms with E-state index in [1.54, 1.807) is 0 Å². The smallest absolute Gasteiger partial charge is 0.211 e. The molecule has 0 fully saturated rings. The lowest BCUT2D eigenvalue weighted by Gasteiger charge is -2.13.